The SMILES string of the molecule is COC(=O)C[C@H](c1c(O)ccc2c1O/C(=C\N1CCOCC1)C2=O)c1coc2ccccc2c1=O. The number of Topliss-reactive ketones (excluding diaryl/α,β-unsaturated/α-hetero) is 1. The van der Waals surface area contributed by atoms with E-state index in [1.165, 1.54) is 25.5 Å². The average molecular weight is 477 g/mol. The normalized spacial score (nSPS) is 17.3. The number of aromatic hydroxyl groups is 1. The lowest BCUT2D eigenvalue weighted by molar-refractivity contribution is -0.140. The Morgan fingerprint density at radius 3 is 2.71 bits per heavy atom. The molecule has 2 aliphatic heterocycles. The zero-order chi connectivity index (χ0) is 24.5. The number of esters is 1. The summed E-state index contributed by atoms with van der Waals surface area (Å²) in [5.41, 5.74) is 0.555. The van der Waals surface area contributed by atoms with Crippen molar-refractivity contribution in [1.82, 2.24) is 4.90 Å². The minimum Gasteiger partial charge on any atom is -0.508 e. The highest BCUT2D eigenvalue weighted by molar-refractivity contribution is 6.12. The Morgan fingerprint density at radius 2 is 1.94 bits per heavy atom. The minimum atomic E-state index is -0.978. The number of phenols is 1. The molecule has 0 spiro atoms. The van der Waals surface area contributed by atoms with Gasteiger partial charge in [-0.05, 0) is 24.3 Å². The second-order valence-corrected chi connectivity index (χ2v) is 8.30. The first-order valence-corrected chi connectivity index (χ1v) is 11.2. The van der Waals surface area contributed by atoms with Crippen molar-refractivity contribution in [2.45, 2.75) is 12.3 Å². The molecule has 180 valence electrons. The number of morpholine rings is 1. The van der Waals surface area contributed by atoms with Crippen LogP contribution in [0.15, 0.2) is 63.8 Å². The summed E-state index contributed by atoms with van der Waals surface area (Å²) in [5.74, 6) is -1.95. The number of carbonyl (C=O) groups excluding carboxylic acids is 2. The summed E-state index contributed by atoms with van der Waals surface area (Å²) in [6.07, 6.45) is 2.63. The Hall–Kier alpha value is -4.11. The van der Waals surface area contributed by atoms with Crippen LogP contribution in [0.1, 0.15) is 33.8 Å². The zero-order valence-corrected chi connectivity index (χ0v) is 19.0. The minimum absolute atomic E-state index is 0.0936. The first-order valence-electron chi connectivity index (χ1n) is 11.2. The van der Waals surface area contributed by atoms with Gasteiger partial charge in [0, 0.05) is 36.3 Å². The molecule has 1 aromatic heterocycles. The summed E-state index contributed by atoms with van der Waals surface area (Å²) in [6.45, 7) is 2.29. The predicted molar refractivity (Wildman–Crippen MR) is 125 cm³/mol. The number of phenolic OH excluding ortho intramolecular Hbond substituents is 1. The van der Waals surface area contributed by atoms with Crippen LogP contribution in [0.25, 0.3) is 11.0 Å². The Balaban J connectivity index is 1.64. The van der Waals surface area contributed by atoms with Crippen molar-refractivity contribution in [2.24, 2.45) is 0 Å². The Kier molecular flexibility index (Phi) is 6.00. The zero-order valence-electron chi connectivity index (χ0n) is 19.0. The molecule has 9 nitrogen and oxygen atoms in total. The molecule has 0 bridgehead atoms. The van der Waals surface area contributed by atoms with E-state index in [2.05, 4.69) is 0 Å². The largest absolute Gasteiger partial charge is 0.508 e. The molecule has 1 fully saturated rings. The monoisotopic (exact) mass is 477 g/mol. The van der Waals surface area contributed by atoms with Gasteiger partial charge in [-0.1, -0.05) is 12.1 Å². The average Bonchev–Trinajstić information content (AvgIpc) is 3.18. The number of fused-ring (bicyclic) bond motifs is 2. The third kappa shape index (κ3) is 4.15. The second kappa shape index (κ2) is 9.27. The highest BCUT2D eigenvalue weighted by atomic mass is 16.5. The predicted octanol–water partition coefficient (Wildman–Crippen LogP) is 2.94. The molecule has 9 heteroatoms. The van der Waals surface area contributed by atoms with Crippen LogP contribution in [0.3, 0.4) is 0 Å². The summed E-state index contributed by atoms with van der Waals surface area (Å²) in [4.78, 5) is 40.8. The van der Waals surface area contributed by atoms with Gasteiger partial charge in [-0.15, -0.1) is 0 Å². The van der Waals surface area contributed by atoms with Crippen LogP contribution in [-0.4, -0.2) is 55.2 Å². The van der Waals surface area contributed by atoms with E-state index in [9.17, 15) is 19.5 Å². The number of ether oxygens (including phenoxy) is 3. The van der Waals surface area contributed by atoms with Gasteiger partial charge in [0.25, 0.3) is 0 Å². The van der Waals surface area contributed by atoms with E-state index in [-0.39, 0.29) is 51.6 Å². The molecule has 35 heavy (non-hydrogen) atoms. The van der Waals surface area contributed by atoms with Crippen LogP contribution in [-0.2, 0) is 14.3 Å². The maximum atomic E-state index is 13.4. The van der Waals surface area contributed by atoms with E-state index in [0.717, 1.165) is 0 Å². The third-order valence-electron chi connectivity index (χ3n) is 6.23. The Morgan fingerprint density at radius 1 is 1.17 bits per heavy atom. The molecule has 2 aliphatic rings. The number of methoxy groups -OCH3 is 1. The van der Waals surface area contributed by atoms with Gasteiger partial charge in [0.2, 0.25) is 5.78 Å². The number of hydrogen-bond donors (Lipinski definition) is 1. The van der Waals surface area contributed by atoms with E-state index in [1.54, 1.807) is 30.5 Å². The fourth-order valence-electron chi connectivity index (χ4n) is 4.41. The second-order valence-electron chi connectivity index (χ2n) is 8.30. The first kappa shape index (κ1) is 22.7. The summed E-state index contributed by atoms with van der Waals surface area (Å²) >= 11 is 0. The summed E-state index contributed by atoms with van der Waals surface area (Å²) in [6, 6.07) is 9.57. The molecule has 1 saturated heterocycles. The molecule has 0 unspecified atom stereocenters. The van der Waals surface area contributed by atoms with Gasteiger partial charge in [-0.25, -0.2) is 0 Å². The van der Waals surface area contributed by atoms with Gasteiger partial charge in [0.15, 0.2) is 11.2 Å². The molecular weight excluding hydrogens is 454 g/mol. The molecule has 0 saturated carbocycles. The highest BCUT2D eigenvalue weighted by Crippen LogP contribution is 2.46. The van der Waals surface area contributed by atoms with Crippen molar-refractivity contribution >= 4 is 22.7 Å². The number of hydrogen-bond acceptors (Lipinski definition) is 9. The maximum Gasteiger partial charge on any atom is 0.306 e. The molecular formula is C26H23NO8. The topological polar surface area (TPSA) is 116 Å². The number of nitrogens with zero attached hydrogens (tertiary/aromatic N) is 1. The summed E-state index contributed by atoms with van der Waals surface area (Å²) in [5, 5.41) is 11.2. The maximum absolute atomic E-state index is 13.4. The van der Waals surface area contributed by atoms with Gasteiger partial charge >= 0.3 is 5.97 Å². The van der Waals surface area contributed by atoms with Crippen LogP contribution >= 0.6 is 0 Å². The van der Waals surface area contributed by atoms with Crippen molar-refractivity contribution in [3.8, 4) is 11.5 Å². The third-order valence-corrected chi connectivity index (χ3v) is 6.23. The van der Waals surface area contributed by atoms with Crippen molar-refractivity contribution in [3.63, 3.8) is 0 Å². The number of rotatable bonds is 5. The fourth-order valence-corrected chi connectivity index (χ4v) is 4.41. The van der Waals surface area contributed by atoms with E-state index < -0.39 is 11.9 Å². The summed E-state index contributed by atoms with van der Waals surface area (Å²) < 4.78 is 21.8. The van der Waals surface area contributed by atoms with Gasteiger partial charge in [0.05, 0.1) is 44.0 Å². The van der Waals surface area contributed by atoms with Crippen molar-refractivity contribution in [2.75, 3.05) is 33.4 Å². The Labute approximate surface area is 200 Å². The smallest absolute Gasteiger partial charge is 0.306 e. The van der Waals surface area contributed by atoms with Crippen molar-refractivity contribution in [1.29, 1.82) is 0 Å². The molecule has 0 radical (unpaired) electrons. The van der Waals surface area contributed by atoms with Crippen LogP contribution in [0.4, 0.5) is 0 Å². The number of allylic oxidation sites excluding steroid dienone is 1. The van der Waals surface area contributed by atoms with Gasteiger partial charge in [-0.3, -0.25) is 14.4 Å². The quantitative estimate of drug-likeness (QED) is 0.437. The number of para-hydroxylation sites is 1. The van der Waals surface area contributed by atoms with E-state index in [4.69, 9.17) is 18.6 Å². The lowest BCUT2D eigenvalue weighted by Crippen LogP contribution is -2.32. The fraction of sp³-hybridized carbons (Fsp3) is 0.269. The van der Waals surface area contributed by atoms with Crippen molar-refractivity contribution < 1.29 is 33.3 Å². The van der Waals surface area contributed by atoms with Gasteiger partial charge in [0.1, 0.15) is 17.1 Å². The van der Waals surface area contributed by atoms with Crippen LogP contribution in [0.5, 0.6) is 11.5 Å². The van der Waals surface area contributed by atoms with E-state index in [1.807, 2.05) is 4.90 Å². The molecule has 5 rings (SSSR count). The summed E-state index contributed by atoms with van der Waals surface area (Å²) in [7, 11) is 1.24. The highest BCUT2D eigenvalue weighted by Gasteiger charge is 2.37. The Bertz CT molecular complexity index is 1400. The molecule has 3 heterocycles. The van der Waals surface area contributed by atoms with E-state index in [0.29, 0.717) is 37.3 Å². The molecule has 1 atom stereocenters. The standard InChI is InChI=1S/C26H23NO8/c1-32-22(29)12-17(18-14-34-20-5-3-2-4-15(20)24(18)30)23-19(28)7-6-16-25(31)21(35-26(16)23)13-27-8-10-33-11-9-27/h2-7,13-14,17,28H,8-12H2,1H3/b21-13-/t17-/m0/s1. The number of ketones is 1. The number of benzene rings is 2. The molecule has 3 aromatic rings. The van der Waals surface area contributed by atoms with Crippen molar-refractivity contribution in [3.05, 3.63) is 81.5 Å². The molecule has 2 aromatic carbocycles. The van der Waals surface area contributed by atoms with Crippen LogP contribution in [0.2, 0.25) is 0 Å². The lowest BCUT2D eigenvalue weighted by atomic mass is 9.86. The molecule has 1 N–H and O–H groups in total. The first-order chi connectivity index (χ1) is 17.0. The molecule has 0 amide bonds. The van der Waals surface area contributed by atoms with E-state index >= 15 is 0 Å². The van der Waals surface area contributed by atoms with Crippen LogP contribution in [0, 0.1) is 0 Å². The van der Waals surface area contributed by atoms with Gasteiger partial charge in [-0.2, -0.15) is 0 Å². The lowest BCUT2D eigenvalue weighted by Gasteiger charge is -2.25. The van der Waals surface area contributed by atoms with Crippen LogP contribution < -0.4 is 10.2 Å². The van der Waals surface area contributed by atoms with Gasteiger partial charge < -0.3 is 28.6 Å². The number of carbonyl (C=O) groups is 2. The molecule has 0 aliphatic carbocycles.